The van der Waals surface area contributed by atoms with Crippen molar-refractivity contribution in [2.45, 2.75) is 65.6 Å². The molecule has 0 fully saturated rings. The van der Waals surface area contributed by atoms with Gasteiger partial charge in [0.2, 0.25) is 11.8 Å². The van der Waals surface area contributed by atoms with Gasteiger partial charge in [-0.15, -0.1) is 0 Å². The van der Waals surface area contributed by atoms with Crippen LogP contribution in [0.5, 0.6) is 0 Å². The van der Waals surface area contributed by atoms with Crippen molar-refractivity contribution >= 4 is 22.6 Å². The molecule has 0 heterocycles. The highest BCUT2D eigenvalue weighted by atomic mass is 16.2. The Labute approximate surface area is 191 Å². The number of hydrogen-bond donors (Lipinski definition) is 1. The topological polar surface area (TPSA) is 49.4 Å². The third kappa shape index (κ3) is 5.97. The second kappa shape index (κ2) is 10.9. The summed E-state index contributed by atoms with van der Waals surface area (Å²) in [6.45, 7) is 8.32. The Bertz CT molecular complexity index is 1070. The predicted octanol–water partition coefficient (Wildman–Crippen LogP) is 5.41. The van der Waals surface area contributed by atoms with Crippen LogP contribution in [-0.2, 0) is 22.6 Å². The summed E-state index contributed by atoms with van der Waals surface area (Å²) in [6, 6.07) is 22.1. The van der Waals surface area contributed by atoms with Gasteiger partial charge >= 0.3 is 0 Å². The first-order valence-electron chi connectivity index (χ1n) is 11.5. The maximum atomic E-state index is 13.5. The van der Waals surface area contributed by atoms with Gasteiger partial charge in [0.25, 0.3) is 0 Å². The van der Waals surface area contributed by atoms with Crippen molar-refractivity contribution in [1.82, 2.24) is 10.2 Å². The molecule has 4 heteroatoms. The van der Waals surface area contributed by atoms with Gasteiger partial charge in [-0.25, -0.2) is 0 Å². The minimum Gasteiger partial charge on any atom is -0.352 e. The number of amides is 2. The van der Waals surface area contributed by atoms with Crippen LogP contribution in [0.4, 0.5) is 0 Å². The van der Waals surface area contributed by atoms with Crippen LogP contribution in [0.1, 0.15) is 50.3 Å². The maximum Gasteiger partial charge on any atom is 0.243 e. The van der Waals surface area contributed by atoms with Gasteiger partial charge in [-0.3, -0.25) is 9.59 Å². The van der Waals surface area contributed by atoms with Crippen LogP contribution in [0.25, 0.3) is 10.8 Å². The summed E-state index contributed by atoms with van der Waals surface area (Å²) in [6.07, 6.45) is 1.59. The second-order valence-electron chi connectivity index (χ2n) is 8.74. The van der Waals surface area contributed by atoms with Crippen LogP contribution in [0.3, 0.4) is 0 Å². The Morgan fingerprint density at radius 3 is 2.41 bits per heavy atom. The summed E-state index contributed by atoms with van der Waals surface area (Å²) in [5, 5.41) is 5.35. The van der Waals surface area contributed by atoms with E-state index in [1.807, 2.05) is 64.1 Å². The molecule has 0 saturated heterocycles. The van der Waals surface area contributed by atoms with Gasteiger partial charge < -0.3 is 10.2 Å². The van der Waals surface area contributed by atoms with Crippen molar-refractivity contribution in [2.24, 2.45) is 0 Å². The van der Waals surface area contributed by atoms with Crippen LogP contribution in [0.2, 0.25) is 0 Å². The van der Waals surface area contributed by atoms with E-state index in [4.69, 9.17) is 0 Å². The molecular weight excluding hydrogens is 396 g/mol. The fourth-order valence-corrected chi connectivity index (χ4v) is 4.20. The van der Waals surface area contributed by atoms with Crippen molar-refractivity contribution in [2.75, 3.05) is 0 Å². The number of fused-ring (bicyclic) bond motifs is 1. The number of benzene rings is 3. The molecule has 0 aromatic heterocycles. The summed E-state index contributed by atoms with van der Waals surface area (Å²) in [5.41, 5.74) is 3.34. The molecule has 0 unspecified atom stereocenters. The molecule has 2 amide bonds. The van der Waals surface area contributed by atoms with E-state index in [0.29, 0.717) is 25.8 Å². The molecule has 3 aromatic rings. The Morgan fingerprint density at radius 2 is 1.69 bits per heavy atom. The summed E-state index contributed by atoms with van der Waals surface area (Å²) in [4.78, 5) is 28.2. The monoisotopic (exact) mass is 430 g/mol. The standard InChI is InChI=1S/C28H34N2O2/c1-5-26(28(32)29-20(2)3)30(19-22-11-8-10-21(4)18-22)27(31)17-16-24-14-9-13-23-12-6-7-15-25(23)24/h6-15,18,20,26H,5,16-17,19H2,1-4H3,(H,29,32)/t26-/m0/s1. The zero-order valence-corrected chi connectivity index (χ0v) is 19.6. The van der Waals surface area contributed by atoms with E-state index in [1.165, 1.54) is 10.8 Å². The van der Waals surface area contributed by atoms with E-state index in [2.05, 4.69) is 35.6 Å². The highest BCUT2D eigenvalue weighted by molar-refractivity contribution is 5.89. The number of nitrogens with one attached hydrogen (secondary N) is 1. The molecule has 0 saturated carbocycles. The van der Waals surface area contributed by atoms with Gasteiger partial charge in [0, 0.05) is 19.0 Å². The summed E-state index contributed by atoms with van der Waals surface area (Å²) in [5.74, 6) is -0.0844. The van der Waals surface area contributed by atoms with Crippen molar-refractivity contribution < 1.29 is 9.59 Å². The van der Waals surface area contributed by atoms with Crippen molar-refractivity contribution in [3.63, 3.8) is 0 Å². The van der Waals surface area contributed by atoms with E-state index in [1.54, 1.807) is 4.90 Å². The second-order valence-corrected chi connectivity index (χ2v) is 8.74. The Hall–Kier alpha value is -3.14. The van der Waals surface area contributed by atoms with E-state index in [0.717, 1.165) is 16.7 Å². The van der Waals surface area contributed by atoms with Crippen molar-refractivity contribution in [1.29, 1.82) is 0 Å². The molecule has 168 valence electrons. The number of nitrogens with zero attached hydrogens (tertiary/aromatic N) is 1. The largest absolute Gasteiger partial charge is 0.352 e. The summed E-state index contributed by atoms with van der Waals surface area (Å²) in [7, 11) is 0. The van der Waals surface area contributed by atoms with Crippen molar-refractivity contribution in [3.05, 3.63) is 83.4 Å². The summed E-state index contributed by atoms with van der Waals surface area (Å²) < 4.78 is 0. The zero-order chi connectivity index (χ0) is 23.1. The molecule has 0 radical (unpaired) electrons. The fourth-order valence-electron chi connectivity index (χ4n) is 4.20. The SMILES string of the molecule is CC[C@@H](C(=O)NC(C)C)N(Cc1cccc(C)c1)C(=O)CCc1cccc2ccccc12. The molecule has 3 rings (SSSR count). The quantitative estimate of drug-likeness (QED) is 0.493. The Kier molecular flexibility index (Phi) is 8.04. The normalized spacial score (nSPS) is 12.0. The molecule has 0 aliphatic rings. The molecule has 0 bridgehead atoms. The Balaban J connectivity index is 1.83. The van der Waals surface area contributed by atoms with Crippen LogP contribution in [0, 0.1) is 6.92 Å². The third-order valence-corrected chi connectivity index (χ3v) is 5.74. The lowest BCUT2D eigenvalue weighted by Gasteiger charge is -2.31. The van der Waals surface area contributed by atoms with Gasteiger partial charge in [-0.1, -0.05) is 79.2 Å². The average molecular weight is 431 g/mol. The Morgan fingerprint density at radius 1 is 0.969 bits per heavy atom. The lowest BCUT2D eigenvalue weighted by Crippen LogP contribution is -2.50. The molecule has 3 aromatic carbocycles. The van der Waals surface area contributed by atoms with Gasteiger partial charge in [-0.05, 0) is 55.5 Å². The first kappa shape index (κ1) is 23.5. The zero-order valence-electron chi connectivity index (χ0n) is 19.6. The van der Waals surface area contributed by atoms with Crippen LogP contribution in [0.15, 0.2) is 66.7 Å². The molecular formula is C28H34N2O2. The van der Waals surface area contributed by atoms with Gasteiger partial charge in [0.15, 0.2) is 0 Å². The maximum absolute atomic E-state index is 13.5. The minimum absolute atomic E-state index is 0.00481. The molecule has 32 heavy (non-hydrogen) atoms. The molecule has 0 aliphatic carbocycles. The first-order chi connectivity index (χ1) is 15.4. The molecule has 1 atom stereocenters. The summed E-state index contributed by atoms with van der Waals surface area (Å²) >= 11 is 0. The van der Waals surface area contributed by atoms with Gasteiger partial charge in [0.1, 0.15) is 6.04 Å². The highest BCUT2D eigenvalue weighted by Crippen LogP contribution is 2.21. The van der Waals surface area contributed by atoms with E-state index < -0.39 is 6.04 Å². The number of rotatable bonds is 9. The van der Waals surface area contributed by atoms with Gasteiger partial charge in [-0.2, -0.15) is 0 Å². The highest BCUT2D eigenvalue weighted by Gasteiger charge is 2.28. The molecule has 0 aliphatic heterocycles. The molecule has 4 nitrogen and oxygen atoms in total. The van der Waals surface area contributed by atoms with Crippen molar-refractivity contribution in [3.8, 4) is 0 Å². The van der Waals surface area contributed by atoms with E-state index >= 15 is 0 Å². The third-order valence-electron chi connectivity index (χ3n) is 5.74. The van der Waals surface area contributed by atoms with Crippen LogP contribution in [-0.4, -0.2) is 28.8 Å². The lowest BCUT2D eigenvalue weighted by molar-refractivity contribution is -0.141. The van der Waals surface area contributed by atoms with Gasteiger partial charge in [0.05, 0.1) is 0 Å². The minimum atomic E-state index is -0.488. The van der Waals surface area contributed by atoms with E-state index in [9.17, 15) is 9.59 Å². The lowest BCUT2D eigenvalue weighted by atomic mass is 10.00. The van der Waals surface area contributed by atoms with Crippen LogP contribution < -0.4 is 5.32 Å². The number of hydrogen-bond acceptors (Lipinski definition) is 2. The number of carbonyl (C=O) groups excluding carboxylic acids is 2. The predicted molar refractivity (Wildman–Crippen MR) is 131 cm³/mol. The fraction of sp³-hybridized carbons (Fsp3) is 0.357. The average Bonchev–Trinajstić information content (AvgIpc) is 2.77. The molecule has 1 N–H and O–H groups in total. The number of aryl methyl sites for hydroxylation is 2. The smallest absolute Gasteiger partial charge is 0.243 e. The van der Waals surface area contributed by atoms with Crippen LogP contribution >= 0.6 is 0 Å². The first-order valence-corrected chi connectivity index (χ1v) is 11.5. The van der Waals surface area contributed by atoms with E-state index in [-0.39, 0.29) is 17.9 Å². The molecule has 0 spiro atoms. The number of carbonyl (C=O) groups is 2.